The molecule has 0 unspecified atom stereocenters. The lowest BCUT2D eigenvalue weighted by Crippen LogP contribution is -2.43. The first-order valence-electron chi connectivity index (χ1n) is 6.65. The van der Waals surface area contributed by atoms with E-state index in [2.05, 4.69) is 18.0 Å². The van der Waals surface area contributed by atoms with Crippen molar-refractivity contribution >= 4 is 12.4 Å². The number of halogens is 1. The van der Waals surface area contributed by atoms with E-state index in [0.29, 0.717) is 23.8 Å². The number of nitriles is 1. The molecule has 19 heavy (non-hydrogen) atoms. The molecule has 1 aromatic carbocycles. The number of ether oxygens (including phenoxy) is 1. The van der Waals surface area contributed by atoms with E-state index in [1.54, 1.807) is 0 Å². The van der Waals surface area contributed by atoms with Crippen LogP contribution in [0, 0.1) is 11.3 Å². The van der Waals surface area contributed by atoms with Gasteiger partial charge in [-0.1, -0.05) is 6.07 Å². The van der Waals surface area contributed by atoms with Crippen LogP contribution < -0.4 is 4.74 Å². The topological polar surface area (TPSA) is 36.3 Å². The third kappa shape index (κ3) is 2.86. The molecule has 102 valence electrons. The molecule has 0 aliphatic carbocycles. The van der Waals surface area contributed by atoms with Crippen molar-refractivity contribution in [1.29, 1.82) is 5.26 Å². The van der Waals surface area contributed by atoms with Gasteiger partial charge in [-0.3, -0.25) is 0 Å². The maximum Gasteiger partial charge on any atom is 0.121 e. The second-order valence-electron chi connectivity index (χ2n) is 5.40. The van der Waals surface area contributed by atoms with Crippen molar-refractivity contribution in [3.63, 3.8) is 0 Å². The summed E-state index contributed by atoms with van der Waals surface area (Å²) in [5.74, 6) is 0.836. The zero-order valence-electron chi connectivity index (χ0n) is 11.1. The lowest BCUT2D eigenvalue weighted by Gasteiger charge is -2.36. The fourth-order valence-corrected chi connectivity index (χ4v) is 3.29. The number of benzene rings is 1. The summed E-state index contributed by atoms with van der Waals surface area (Å²) in [6.45, 7) is 0. The molecule has 0 radical (unpaired) electrons. The highest BCUT2D eigenvalue weighted by Gasteiger charge is 2.39. The summed E-state index contributed by atoms with van der Waals surface area (Å²) in [5.41, 5.74) is 0.670. The highest BCUT2D eigenvalue weighted by Crippen LogP contribution is 2.35. The number of fused-ring (bicyclic) bond motifs is 2. The third-order valence-corrected chi connectivity index (χ3v) is 4.32. The first kappa shape index (κ1) is 14.2. The van der Waals surface area contributed by atoms with Crippen LogP contribution in [0.1, 0.15) is 31.2 Å². The molecule has 1 aromatic rings. The Morgan fingerprint density at radius 3 is 2.58 bits per heavy atom. The summed E-state index contributed by atoms with van der Waals surface area (Å²) in [7, 11) is 2.23. The second-order valence-corrected chi connectivity index (χ2v) is 5.40. The van der Waals surface area contributed by atoms with Gasteiger partial charge in [0.05, 0.1) is 11.6 Å². The van der Waals surface area contributed by atoms with Crippen LogP contribution in [0.3, 0.4) is 0 Å². The molecule has 4 heteroatoms. The van der Waals surface area contributed by atoms with Crippen molar-refractivity contribution in [2.75, 3.05) is 7.05 Å². The first-order chi connectivity index (χ1) is 8.76. The molecule has 0 amide bonds. The van der Waals surface area contributed by atoms with Crippen molar-refractivity contribution in [1.82, 2.24) is 4.90 Å². The van der Waals surface area contributed by atoms with E-state index in [9.17, 15) is 0 Å². The summed E-state index contributed by atoms with van der Waals surface area (Å²) in [6.07, 6.45) is 5.15. The molecular weight excluding hydrogens is 260 g/mol. The monoisotopic (exact) mass is 278 g/mol. The number of hydrogen-bond donors (Lipinski definition) is 0. The van der Waals surface area contributed by atoms with Crippen LogP contribution in [0.5, 0.6) is 5.75 Å². The summed E-state index contributed by atoms with van der Waals surface area (Å²) in [5, 5.41) is 8.88. The quantitative estimate of drug-likeness (QED) is 0.834. The van der Waals surface area contributed by atoms with Gasteiger partial charge in [-0.25, -0.2) is 0 Å². The predicted octanol–water partition coefficient (Wildman–Crippen LogP) is 2.98. The molecule has 0 N–H and O–H groups in total. The summed E-state index contributed by atoms with van der Waals surface area (Å²) in [4.78, 5) is 2.51. The molecule has 0 saturated carbocycles. The van der Waals surface area contributed by atoms with Gasteiger partial charge in [-0.2, -0.15) is 5.26 Å². The highest BCUT2D eigenvalue weighted by atomic mass is 35.5. The third-order valence-electron chi connectivity index (χ3n) is 4.32. The molecule has 2 fully saturated rings. The van der Waals surface area contributed by atoms with Crippen molar-refractivity contribution in [2.24, 2.45) is 0 Å². The van der Waals surface area contributed by atoms with Crippen molar-refractivity contribution in [3.8, 4) is 11.8 Å². The minimum absolute atomic E-state index is 0. The average molecular weight is 279 g/mol. The maximum atomic E-state index is 8.88. The predicted molar refractivity (Wildman–Crippen MR) is 76.6 cm³/mol. The lowest BCUT2D eigenvalue weighted by atomic mass is 10.0. The van der Waals surface area contributed by atoms with E-state index in [1.807, 2.05) is 24.3 Å². The molecule has 2 aliphatic heterocycles. The Hall–Kier alpha value is -1.24. The summed E-state index contributed by atoms with van der Waals surface area (Å²) in [6, 6.07) is 11.0. The van der Waals surface area contributed by atoms with E-state index in [4.69, 9.17) is 10.00 Å². The van der Waals surface area contributed by atoms with Gasteiger partial charge in [0.25, 0.3) is 0 Å². The van der Waals surface area contributed by atoms with E-state index in [0.717, 1.165) is 18.6 Å². The molecule has 3 rings (SSSR count). The normalized spacial score (nSPS) is 29.4. The standard InChI is InChI=1S/C15H18N2O.ClH/c1-17-12-5-6-13(17)9-15(8-12)18-14-4-2-3-11(7-14)10-16;/h2-4,7,12-13,15H,5-6,8-9H2,1H3;1H/t12-,13+,15-;. The smallest absolute Gasteiger partial charge is 0.121 e. The van der Waals surface area contributed by atoms with Crippen LogP contribution in [0.4, 0.5) is 0 Å². The molecular formula is C15H19ClN2O. The SMILES string of the molecule is CN1[C@@H]2CC[C@H]1C[C@H](Oc1cccc(C#N)c1)C2.Cl. The van der Waals surface area contributed by atoms with E-state index in [1.165, 1.54) is 12.8 Å². The molecule has 3 nitrogen and oxygen atoms in total. The summed E-state index contributed by atoms with van der Waals surface area (Å²) >= 11 is 0. The van der Waals surface area contributed by atoms with Crippen LogP contribution >= 0.6 is 12.4 Å². The van der Waals surface area contributed by atoms with Gasteiger partial charge in [0.15, 0.2) is 0 Å². The van der Waals surface area contributed by atoms with Crippen molar-refractivity contribution in [3.05, 3.63) is 29.8 Å². The Bertz CT molecular complexity index is 471. The van der Waals surface area contributed by atoms with Gasteiger partial charge >= 0.3 is 0 Å². The molecule has 2 heterocycles. The Kier molecular flexibility index (Phi) is 4.34. The van der Waals surface area contributed by atoms with Gasteiger partial charge in [0.2, 0.25) is 0 Å². The maximum absolute atomic E-state index is 8.88. The minimum Gasteiger partial charge on any atom is -0.490 e. The second kappa shape index (κ2) is 5.81. The van der Waals surface area contributed by atoms with Crippen LogP contribution in [-0.2, 0) is 0 Å². The minimum atomic E-state index is 0. The average Bonchev–Trinajstić information content (AvgIpc) is 2.62. The van der Waals surface area contributed by atoms with Gasteiger partial charge in [0, 0.05) is 12.1 Å². The van der Waals surface area contributed by atoms with E-state index < -0.39 is 0 Å². The Morgan fingerprint density at radius 2 is 1.95 bits per heavy atom. The summed E-state index contributed by atoms with van der Waals surface area (Å²) < 4.78 is 6.05. The number of nitrogens with zero attached hydrogens (tertiary/aromatic N) is 2. The molecule has 2 bridgehead atoms. The van der Waals surface area contributed by atoms with Crippen molar-refractivity contribution < 1.29 is 4.74 Å². The highest BCUT2D eigenvalue weighted by molar-refractivity contribution is 5.85. The van der Waals surface area contributed by atoms with E-state index >= 15 is 0 Å². The molecule has 0 aromatic heterocycles. The van der Waals surface area contributed by atoms with Gasteiger partial charge < -0.3 is 9.64 Å². The zero-order chi connectivity index (χ0) is 12.5. The fourth-order valence-electron chi connectivity index (χ4n) is 3.29. The molecule has 0 spiro atoms. The number of hydrogen-bond acceptors (Lipinski definition) is 3. The molecule has 2 saturated heterocycles. The van der Waals surface area contributed by atoms with Gasteiger partial charge in [-0.05, 0) is 50.9 Å². The van der Waals surface area contributed by atoms with Gasteiger partial charge in [0.1, 0.15) is 11.9 Å². The van der Waals surface area contributed by atoms with Crippen LogP contribution in [0.2, 0.25) is 0 Å². The number of rotatable bonds is 2. The Morgan fingerprint density at radius 1 is 1.26 bits per heavy atom. The van der Waals surface area contributed by atoms with Gasteiger partial charge in [-0.15, -0.1) is 12.4 Å². The molecule has 3 atom stereocenters. The first-order valence-corrected chi connectivity index (χ1v) is 6.65. The Labute approximate surface area is 120 Å². The largest absolute Gasteiger partial charge is 0.490 e. The van der Waals surface area contributed by atoms with E-state index in [-0.39, 0.29) is 12.4 Å². The van der Waals surface area contributed by atoms with Crippen molar-refractivity contribution in [2.45, 2.75) is 43.9 Å². The van der Waals surface area contributed by atoms with Crippen LogP contribution in [0.15, 0.2) is 24.3 Å². The zero-order valence-corrected chi connectivity index (χ0v) is 11.9. The Balaban J connectivity index is 0.00000133. The van der Waals surface area contributed by atoms with Crippen LogP contribution in [-0.4, -0.2) is 30.1 Å². The number of piperidine rings is 1. The molecule has 2 aliphatic rings. The fraction of sp³-hybridized carbons (Fsp3) is 0.533. The lowest BCUT2D eigenvalue weighted by molar-refractivity contribution is 0.0661. The van der Waals surface area contributed by atoms with Crippen LogP contribution in [0.25, 0.3) is 0 Å².